The van der Waals surface area contributed by atoms with Gasteiger partial charge in [-0.05, 0) is 36.4 Å². The number of benzene rings is 2. The second-order valence-electron chi connectivity index (χ2n) is 5.40. The molecule has 0 atom stereocenters. The lowest BCUT2D eigenvalue weighted by Crippen LogP contribution is -2.30. The van der Waals surface area contributed by atoms with Crippen LogP contribution in [0.5, 0.6) is 0 Å². The number of aromatic nitrogens is 2. The van der Waals surface area contributed by atoms with E-state index in [1.54, 1.807) is 42.5 Å². The molecule has 11 heteroatoms. The molecule has 1 heterocycles. The summed E-state index contributed by atoms with van der Waals surface area (Å²) in [7, 11) is 0. The van der Waals surface area contributed by atoms with Gasteiger partial charge in [0.25, 0.3) is 5.91 Å². The van der Waals surface area contributed by atoms with Crippen molar-refractivity contribution in [2.75, 3.05) is 10.7 Å². The third kappa shape index (κ3) is 4.64. The molecule has 0 radical (unpaired) electrons. The fourth-order valence-corrected chi connectivity index (χ4v) is 2.64. The van der Waals surface area contributed by atoms with Crippen molar-refractivity contribution in [3.05, 3.63) is 80.6 Å². The fraction of sp³-hybridized carbons (Fsp3) is 0. The van der Waals surface area contributed by atoms with Gasteiger partial charge in [0.15, 0.2) is 0 Å². The number of carbonyl (C=O) groups is 1. The minimum Gasteiger partial charge on any atom is -0.334 e. The molecular weight excluding hydrogens is 407 g/mol. The highest BCUT2D eigenvalue weighted by Gasteiger charge is 2.23. The summed E-state index contributed by atoms with van der Waals surface area (Å²) in [4.78, 5) is 30.8. The Morgan fingerprint density at radius 3 is 2.36 bits per heavy atom. The minimum atomic E-state index is -0.666. The SMILES string of the molecule is O=C(NNc1ncnc(Nc2cccc(Cl)c2)c1[N+](=O)[O-])c1cccc(Cl)c1. The molecule has 0 spiro atoms. The van der Waals surface area contributed by atoms with E-state index in [9.17, 15) is 14.9 Å². The maximum atomic E-state index is 12.2. The molecule has 1 amide bonds. The van der Waals surface area contributed by atoms with Crippen LogP contribution in [0.3, 0.4) is 0 Å². The lowest BCUT2D eigenvalue weighted by molar-refractivity contribution is -0.383. The Labute approximate surface area is 168 Å². The van der Waals surface area contributed by atoms with Crippen molar-refractivity contribution >= 4 is 52.1 Å². The molecule has 0 aliphatic carbocycles. The number of hydrogen-bond acceptors (Lipinski definition) is 7. The van der Waals surface area contributed by atoms with Crippen LogP contribution >= 0.6 is 23.2 Å². The van der Waals surface area contributed by atoms with E-state index in [0.717, 1.165) is 6.33 Å². The second kappa shape index (κ2) is 8.51. The number of nitrogens with zero attached hydrogens (tertiary/aromatic N) is 3. The molecule has 0 saturated heterocycles. The highest BCUT2D eigenvalue weighted by molar-refractivity contribution is 6.31. The average Bonchev–Trinajstić information content (AvgIpc) is 2.66. The van der Waals surface area contributed by atoms with Gasteiger partial charge in [0, 0.05) is 21.3 Å². The number of anilines is 3. The molecule has 142 valence electrons. The monoisotopic (exact) mass is 418 g/mol. The molecule has 1 aromatic heterocycles. The maximum Gasteiger partial charge on any atom is 0.355 e. The van der Waals surface area contributed by atoms with Gasteiger partial charge in [-0.1, -0.05) is 35.3 Å². The van der Waals surface area contributed by atoms with Crippen LogP contribution in [0.2, 0.25) is 10.0 Å². The number of hydrogen-bond donors (Lipinski definition) is 3. The van der Waals surface area contributed by atoms with Gasteiger partial charge in [-0.25, -0.2) is 9.97 Å². The molecule has 0 bridgehead atoms. The third-order valence-corrected chi connectivity index (χ3v) is 3.94. The summed E-state index contributed by atoms with van der Waals surface area (Å²) in [5.74, 6) is -0.804. The normalized spacial score (nSPS) is 10.2. The molecule has 0 aliphatic rings. The predicted octanol–water partition coefficient (Wildman–Crippen LogP) is 4.19. The summed E-state index contributed by atoms with van der Waals surface area (Å²) < 4.78 is 0. The molecule has 0 saturated carbocycles. The molecule has 3 N–H and O–H groups in total. The molecule has 9 nitrogen and oxygen atoms in total. The minimum absolute atomic E-state index is 0.0678. The summed E-state index contributed by atoms with van der Waals surface area (Å²) >= 11 is 11.8. The van der Waals surface area contributed by atoms with Gasteiger partial charge in [0.05, 0.1) is 4.92 Å². The Balaban J connectivity index is 1.83. The summed E-state index contributed by atoms with van der Waals surface area (Å²) in [5, 5.41) is 15.2. The number of rotatable bonds is 6. The quantitative estimate of drug-likeness (QED) is 0.405. The van der Waals surface area contributed by atoms with Crippen molar-refractivity contribution in [1.82, 2.24) is 15.4 Å². The number of halogens is 2. The van der Waals surface area contributed by atoms with Crippen molar-refractivity contribution in [1.29, 1.82) is 0 Å². The van der Waals surface area contributed by atoms with Crippen LogP contribution < -0.4 is 16.2 Å². The van der Waals surface area contributed by atoms with E-state index in [-0.39, 0.29) is 17.2 Å². The summed E-state index contributed by atoms with van der Waals surface area (Å²) in [5.41, 5.74) is 5.12. The first kappa shape index (κ1) is 19.3. The molecule has 0 unspecified atom stereocenters. The van der Waals surface area contributed by atoms with Gasteiger partial charge in [0.2, 0.25) is 11.6 Å². The largest absolute Gasteiger partial charge is 0.355 e. The highest BCUT2D eigenvalue weighted by Crippen LogP contribution is 2.31. The van der Waals surface area contributed by atoms with Crippen molar-refractivity contribution in [2.45, 2.75) is 0 Å². The van der Waals surface area contributed by atoms with E-state index in [4.69, 9.17) is 23.2 Å². The topological polar surface area (TPSA) is 122 Å². The fourth-order valence-electron chi connectivity index (χ4n) is 2.26. The Kier molecular flexibility index (Phi) is 5.87. The number of carbonyl (C=O) groups excluding carboxylic acids is 1. The van der Waals surface area contributed by atoms with Crippen molar-refractivity contribution in [3.8, 4) is 0 Å². The van der Waals surface area contributed by atoms with Crippen LogP contribution in [0, 0.1) is 10.1 Å². The lowest BCUT2D eigenvalue weighted by Gasteiger charge is -2.11. The van der Waals surface area contributed by atoms with Crippen LogP contribution in [0.15, 0.2) is 54.9 Å². The highest BCUT2D eigenvalue weighted by atomic mass is 35.5. The zero-order chi connectivity index (χ0) is 20.1. The Morgan fingerprint density at radius 1 is 1.00 bits per heavy atom. The van der Waals surface area contributed by atoms with Gasteiger partial charge >= 0.3 is 5.69 Å². The van der Waals surface area contributed by atoms with Crippen LogP contribution in [-0.4, -0.2) is 20.8 Å². The van der Waals surface area contributed by atoms with Gasteiger partial charge < -0.3 is 5.32 Å². The van der Waals surface area contributed by atoms with Gasteiger partial charge in [-0.2, -0.15) is 0 Å². The molecule has 0 fully saturated rings. The molecule has 28 heavy (non-hydrogen) atoms. The maximum absolute atomic E-state index is 12.2. The summed E-state index contributed by atoms with van der Waals surface area (Å²) in [6.07, 6.45) is 1.12. The van der Waals surface area contributed by atoms with Gasteiger partial charge in [0.1, 0.15) is 6.33 Å². The first-order valence-electron chi connectivity index (χ1n) is 7.78. The van der Waals surface area contributed by atoms with Crippen LogP contribution in [-0.2, 0) is 0 Å². The van der Waals surface area contributed by atoms with Gasteiger partial charge in [-0.3, -0.25) is 25.8 Å². The number of nitro groups is 1. The molecule has 0 aliphatic heterocycles. The summed E-state index contributed by atoms with van der Waals surface area (Å²) in [6.45, 7) is 0. The molecule has 3 aromatic rings. The van der Waals surface area contributed by atoms with E-state index in [1.165, 1.54) is 6.07 Å². The zero-order valence-corrected chi connectivity index (χ0v) is 15.5. The molecule has 3 rings (SSSR count). The Morgan fingerprint density at radius 2 is 1.68 bits per heavy atom. The summed E-state index contributed by atoms with van der Waals surface area (Å²) in [6, 6.07) is 12.8. The predicted molar refractivity (Wildman–Crippen MR) is 106 cm³/mol. The number of nitrogens with one attached hydrogen (secondary N) is 3. The lowest BCUT2D eigenvalue weighted by atomic mass is 10.2. The van der Waals surface area contributed by atoms with Crippen molar-refractivity contribution in [3.63, 3.8) is 0 Å². The molecular formula is C17H12Cl2N6O3. The molecule has 2 aromatic carbocycles. The van der Waals surface area contributed by atoms with Crippen LogP contribution in [0.1, 0.15) is 10.4 Å². The smallest absolute Gasteiger partial charge is 0.334 e. The Bertz CT molecular complexity index is 1050. The van der Waals surface area contributed by atoms with E-state index in [2.05, 4.69) is 26.1 Å². The van der Waals surface area contributed by atoms with Gasteiger partial charge in [-0.15, -0.1) is 0 Å². The van der Waals surface area contributed by atoms with E-state index in [1.807, 2.05) is 0 Å². The van der Waals surface area contributed by atoms with E-state index >= 15 is 0 Å². The van der Waals surface area contributed by atoms with Crippen molar-refractivity contribution < 1.29 is 9.72 Å². The Hall–Kier alpha value is -3.43. The van der Waals surface area contributed by atoms with Crippen molar-refractivity contribution in [2.24, 2.45) is 0 Å². The van der Waals surface area contributed by atoms with Crippen LogP contribution in [0.25, 0.3) is 0 Å². The van der Waals surface area contributed by atoms with E-state index < -0.39 is 16.5 Å². The number of amides is 1. The standard InChI is InChI=1S/C17H12Cl2N6O3/c18-11-4-1-3-10(7-11)17(26)24-23-16-14(25(27)28)15(20-9-21-16)22-13-6-2-5-12(19)8-13/h1-9H,(H,24,26)(H2,20,21,22,23). The number of hydrazine groups is 1. The first-order chi connectivity index (χ1) is 13.4. The first-order valence-corrected chi connectivity index (χ1v) is 8.53. The van der Waals surface area contributed by atoms with E-state index in [0.29, 0.717) is 15.7 Å². The third-order valence-electron chi connectivity index (χ3n) is 3.47. The second-order valence-corrected chi connectivity index (χ2v) is 6.27. The average molecular weight is 419 g/mol. The zero-order valence-electron chi connectivity index (χ0n) is 14.0. The van der Waals surface area contributed by atoms with Crippen LogP contribution in [0.4, 0.5) is 23.0 Å².